The molecule has 0 unspecified atom stereocenters. The van der Waals surface area contributed by atoms with Crippen LogP contribution in [0.4, 0.5) is 5.69 Å². The molecule has 0 aliphatic carbocycles. The predicted octanol–water partition coefficient (Wildman–Crippen LogP) is 1.35. The summed E-state index contributed by atoms with van der Waals surface area (Å²) in [5.74, 6) is 0.280. The molecule has 0 spiro atoms. The van der Waals surface area contributed by atoms with Gasteiger partial charge in [0.15, 0.2) is 5.76 Å². The monoisotopic (exact) mass is 281 g/mol. The molecule has 19 heavy (non-hydrogen) atoms. The van der Waals surface area contributed by atoms with Crippen LogP contribution in [0.2, 0.25) is 0 Å². The Kier molecular flexibility index (Phi) is 3.59. The van der Waals surface area contributed by atoms with E-state index in [0.717, 1.165) is 5.56 Å². The fourth-order valence-electron chi connectivity index (χ4n) is 1.74. The highest BCUT2D eigenvalue weighted by Gasteiger charge is 2.23. The number of hydrogen-bond donors (Lipinski definition) is 2. The van der Waals surface area contributed by atoms with Gasteiger partial charge in [-0.1, -0.05) is 17.3 Å². The highest BCUT2D eigenvalue weighted by atomic mass is 32.2. The maximum Gasteiger partial charge on any atom is 0.246 e. The topological polar surface area (TPSA) is 98.2 Å². The van der Waals surface area contributed by atoms with Crippen molar-refractivity contribution in [3.63, 3.8) is 0 Å². The molecule has 3 N–H and O–H groups in total. The molecule has 0 bridgehead atoms. The van der Waals surface area contributed by atoms with E-state index in [0.29, 0.717) is 11.4 Å². The second kappa shape index (κ2) is 5.02. The van der Waals surface area contributed by atoms with Gasteiger partial charge in [-0.05, 0) is 31.5 Å². The number of nitrogens with zero attached hydrogens (tertiary/aromatic N) is 1. The van der Waals surface area contributed by atoms with E-state index >= 15 is 0 Å². The summed E-state index contributed by atoms with van der Waals surface area (Å²) in [7, 11) is -3.62. The Balaban J connectivity index is 2.17. The lowest BCUT2D eigenvalue weighted by Gasteiger charge is -2.06. The molecule has 102 valence electrons. The van der Waals surface area contributed by atoms with Crippen LogP contribution in [0.25, 0.3) is 0 Å². The van der Waals surface area contributed by atoms with Crippen LogP contribution in [0.5, 0.6) is 0 Å². The number of aryl methyl sites for hydroxylation is 2. The van der Waals surface area contributed by atoms with E-state index in [9.17, 15) is 8.42 Å². The number of hydrogen-bond acceptors (Lipinski definition) is 5. The predicted molar refractivity (Wildman–Crippen MR) is 70.9 cm³/mol. The van der Waals surface area contributed by atoms with Gasteiger partial charge >= 0.3 is 0 Å². The van der Waals surface area contributed by atoms with Crippen molar-refractivity contribution >= 4 is 15.7 Å². The minimum absolute atomic E-state index is 0.0999. The third-order valence-electron chi connectivity index (χ3n) is 2.68. The summed E-state index contributed by atoms with van der Waals surface area (Å²) in [5, 5.41) is 3.64. The molecule has 0 atom stereocenters. The van der Waals surface area contributed by atoms with Gasteiger partial charge in [0, 0.05) is 12.2 Å². The van der Waals surface area contributed by atoms with E-state index in [4.69, 9.17) is 10.3 Å². The molecule has 1 heterocycles. The maximum absolute atomic E-state index is 12.1. The molecule has 0 aliphatic rings. The number of nitrogens with one attached hydrogen (secondary N) is 1. The lowest BCUT2D eigenvalue weighted by Crippen LogP contribution is -2.24. The van der Waals surface area contributed by atoms with Gasteiger partial charge < -0.3 is 10.3 Å². The van der Waals surface area contributed by atoms with Gasteiger partial charge in [0.2, 0.25) is 10.0 Å². The smallest absolute Gasteiger partial charge is 0.246 e. The molecule has 2 aromatic rings. The molecule has 2 rings (SSSR count). The Labute approximate surface area is 111 Å². The largest absolute Gasteiger partial charge is 0.399 e. The van der Waals surface area contributed by atoms with Gasteiger partial charge in [0.1, 0.15) is 10.6 Å². The standard InChI is InChI=1S/C12H15N3O3S/c1-8-12(9(2)18-15-8)19(16,17)14-7-10-3-5-11(13)6-4-10/h3-6,14H,7,13H2,1-2H3. The van der Waals surface area contributed by atoms with Crippen molar-refractivity contribution in [1.29, 1.82) is 0 Å². The fraction of sp³-hybridized carbons (Fsp3) is 0.250. The molecular formula is C12H15N3O3S. The van der Waals surface area contributed by atoms with E-state index < -0.39 is 10.0 Å². The van der Waals surface area contributed by atoms with Gasteiger partial charge in [-0.15, -0.1) is 0 Å². The fourth-order valence-corrected chi connectivity index (χ4v) is 3.09. The highest BCUT2D eigenvalue weighted by Crippen LogP contribution is 2.18. The molecule has 1 aromatic carbocycles. The Hall–Kier alpha value is -1.86. The molecule has 0 fully saturated rings. The van der Waals surface area contributed by atoms with E-state index in [1.165, 1.54) is 0 Å². The summed E-state index contributed by atoms with van der Waals surface area (Å²) < 4.78 is 31.7. The van der Waals surface area contributed by atoms with Gasteiger partial charge in [-0.25, -0.2) is 13.1 Å². The lowest BCUT2D eigenvalue weighted by atomic mass is 10.2. The van der Waals surface area contributed by atoms with Crippen LogP contribution < -0.4 is 10.5 Å². The van der Waals surface area contributed by atoms with Crippen molar-refractivity contribution in [2.24, 2.45) is 0 Å². The zero-order valence-corrected chi connectivity index (χ0v) is 11.5. The third-order valence-corrected chi connectivity index (χ3v) is 4.33. The van der Waals surface area contributed by atoms with E-state index in [1.807, 2.05) is 0 Å². The zero-order chi connectivity index (χ0) is 14.0. The summed E-state index contributed by atoms with van der Waals surface area (Å²) in [6.07, 6.45) is 0. The number of nitrogens with two attached hydrogens (primary N) is 1. The summed E-state index contributed by atoms with van der Waals surface area (Å²) in [6.45, 7) is 3.35. The minimum atomic E-state index is -3.62. The average Bonchev–Trinajstić information content (AvgIpc) is 2.69. The summed E-state index contributed by atoms with van der Waals surface area (Å²) in [6, 6.07) is 6.98. The van der Waals surface area contributed by atoms with Gasteiger partial charge in [0.25, 0.3) is 0 Å². The van der Waals surface area contributed by atoms with Crippen molar-refractivity contribution in [1.82, 2.24) is 9.88 Å². The SMILES string of the molecule is Cc1noc(C)c1S(=O)(=O)NCc1ccc(N)cc1. The number of benzene rings is 1. The zero-order valence-electron chi connectivity index (χ0n) is 10.7. The maximum atomic E-state index is 12.1. The first-order valence-electron chi connectivity index (χ1n) is 5.67. The van der Waals surface area contributed by atoms with Gasteiger partial charge in [0.05, 0.1) is 0 Å². The van der Waals surface area contributed by atoms with Crippen molar-refractivity contribution in [2.45, 2.75) is 25.3 Å². The second-order valence-electron chi connectivity index (χ2n) is 4.22. The Morgan fingerprint density at radius 2 is 1.89 bits per heavy atom. The molecule has 0 saturated heterocycles. The number of sulfonamides is 1. The number of aromatic nitrogens is 1. The lowest BCUT2D eigenvalue weighted by molar-refractivity contribution is 0.390. The number of rotatable bonds is 4. The van der Waals surface area contributed by atoms with Crippen LogP contribution >= 0.6 is 0 Å². The van der Waals surface area contributed by atoms with E-state index in [-0.39, 0.29) is 17.2 Å². The van der Waals surface area contributed by atoms with Crippen LogP contribution in [0.3, 0.4) is 0 Å². The Morgan fingerprint density at radius 3 is 2.42 bits per heavy atom. The van der Waals surface area contributed by atoms with Gasteiger partial charge in [-0.3, -0.25) is 0 Å². The quantitative estimate of drug-likeness (QED) is 0.824. The minimum Gasteiger partial charge on any atom is -0.399 e. The normalized spacial score (nSPS) is 11.7. The summed E-state index contributed by atoms with van der Waals surface area (Å²) in [4.78, 5) is 0.0999. The van der Waals surface area contributed by atoms with Crippen molar-refractivity contribution in [3.8, 4) is 0 Å². The molecule has 0 aliphatic heterocycles. The summed E-state index contributed by atoms with van der Waals surface area (Å²) in [5.41, 5.74) is 7.38. The second-order valence-corrected chi connectivity index (χ2v) is 5.92. The Morgan fingerprint density at radius 1 is 1.26 bits per heavy atom. The molecule has 0 radical (unpaired) electrons. The van der Waals surface area contributed by atoms with Crippen LogP contribution in [0.15, 0.2) is 33.7 Å². The molecule has 0 amide bonds. The van der Waals surface area contributed by atoms with E-state index in [1.54, 1.807) is 38.1 Å². The summed E-state index contributed by atoms with van der Waals surface area (Å²) >= 11 is 0. The molecule has 1 aromatic heterocycles. The van der Waals surface area contributed by atoms with Crippen molar-refractivity contribution < 1.29 is 12.9 Å². The van der Waals surface area contributed by atoms with Crippen LogP contribution in [0.1, 0.15) is 17.0 Å². The van der Waals surface area contributed by atoms with Crippen LogP contribution in [-0.4, -0.2) is 13.6 Å². The van der Waals surface area contributed by atoms with Crippen molar-refractivity contribution in [3.05, 3.63) is 41.3 Å². The van der Waals surface area contributed by atoms with Crippen molar-refractivity contribution in [2.75, 3.05) is 5.73 Å². The number of anilines is 1. The molecule has 6 nitrogen and oxygen atoms in total. The first-order valence-corrected chi connectivity index (χ1v) is 7.15. The molecule has 7 heteroatoms. The van der Waals surface area contributed by atoms with E-state index in [2.05, 4.69) is 9.88 Å². The molecular weight excluding hydrogens is 266 g/mol. The van der Waals surface area contributed by atoms with Gasteiger partial charge in [-0.2, -0.15) is 0 Å². The van der Waals surface area contributed by atoms with Crippen LogP contribution in [-0.2, 0) is 16.6 Å². The first-order chi connectivity index (χ1) is 8.90. The highest BCUT2D eigenvalue weighted by molar-refractivity contribution is 7.89. The van der Waals surface area contributed by atoms with Crippen LogP contribution in [0, 0.1) is 13.8 Å². The number of nitrogen functional groups attached to an aromatic ring is 1. The molecule has 0 saturated carbocycles. The third kappa shape index (κ3) is 2.94. The first kappa shape index (κ1) is 13.6. The average molecular weight is 281 g/mol. The Bertz CT molecular complexity index is 655.